The number of hydrogen-bond donors (Lipinski definition) is 1. The van der Waals surface area contributed by atoms with Gasteiger partial charge in [0.05, 0.1) is 0 Å². The van der Waals surface area contributed by atoms with Gasteiger partial charge in [0.25, 0.3) is 0 Å². The van der Waals surface area contributed by atoms with Crippen LogP contribution in [-0.2, 0) is 6.54 Å². The molecule has 1 heterocycles. The third-order valence-electron chi connectivity index (χ3n) is 3.83. The maximum atomic E-state index is 8.73. The summed E-state index contributed by atoms with van der Waals surface area (Å²) in [5.74, 6) is 6.54. The predicted molar refractivity (Wildman–Crippen MR) is 78.7 cm³/mol. The molecule has 102 valence electrons. The fraction of sp³-hybridized carbons (Fsp3) is 0.529. The Bertz CT molecular complexity index is 458. The van der Waals surface area contributed by atoms with Gasteiger partial charge in [-0.3, -0.25) is 4.90 Å². The highest BCUT2D eigenvalue weighted by molar-refractivity contribution is 5.37. The lowest BCUT2D eigenvalue weighted by Gasteiger charge is -2.32. The van der Waals surface area contributed by atoms with Gasteiger partial charge in [-0.05, 0) is 43.0 Å². The van der Waals surface area contributed by atoms with E-state index in [1.807, 2.05) is 6.07 Å². The van der Waals surface area contributed by atoms with Crippen molar-refractivity contribution in [2.24, 2.45) is 5.92 Å². The molecule has 1 unspecified atom stereocenters. The molecule has 2 heteroatoms. The van der Waals surface area contributed by atoms with Gasteiger partial charge < -0.3 is 5.11 Å². The van der Waals surface area contributed by atoms with E-state index in [9.17, 15) is 0 Å². The molecule has 1 aromatic carbocycles. The van der Waals surface area contributed by atoms with Crippen molar-refractivity contribution in [1.29, 1.82) is 0 Å². The van der Waals surface area contributed by atoms with Crippen molar-refractivity contribution in [3.8, 4) is 11.8 Å². The largest absolute Gasteiger partial charge is 0.384 e. The Balaban J connectivity index is 1.98. The van der Waals surface area contributed by atoms with Crippen LogP contribution in [-0.4, -0.2) is 29.7 Å². The van der Waals surface area contributed by atoms with E-state index in [1.165, 1.54) is 37.9 Å². The van der Waals surface area contributed by atoms with Crippen molar-refractivity contribution in [2.75, 3.05) is 19.7 Å². The summed E-state index contributed by atoms with van der Waals surface area (Å²) in [5.41, 5.74) is 2.32. The van der Waals surface area contributed by atoms with Crippen LogP contribution in [0, 0.1) is 17.8 Å². The number of hydrogen-bond acceptors (Lipinski definition) is 2. The molecule has 0 aliphatic carbocycles. The third-order valence-corrected chi connectivity index (χ3v) is 3.83. The van der Waals surface area contributed by atoms with Gasteiger partial charge in [-0.1, -0.05) is 37.3 Å². The summed E-state index contributed by atoms with van der Waals surface area (Å²) in [6.07, 6.45) is 4.00. The molecule has 1 aromatic rings. The zero-order chi connectivity index (χ0) is 13.5. The zero-order valence-electron chi connectivity index (χ0n) is 11.7. The topological polar surface area (TPSA) is 23.5 Å². The Labute approximate surface area is 116 Å². The molecule has 1 fully saturated rings. The molecule has 19 heavy (non-hydrogen) atoms. The summed E-state index contributed by atoms with van der Waals surface area (Å²) >= 11 is 0. The predicted octanol–water partition coefficient (Wildman–Crippen LogP) is 2.65. The van der Waals surface area contributed by atoms with E-state index in [1.54, 1.807) is 0 Å². The van der Waals surface area contributed by atoms with Crippen LogP contribution in [0.1, 0.15) is 37.3 Å². The van der Waals surface area contributed by atoms with Crippen LogP contribution >= 0.6 is 0 Å². The van der Waals surface area contributed by atoms with Crippen LogP contribution < -0.4 is 0 Å². The van der Waals surface area contributed by atoms with Gasteiger partial charge >= 0.3 is 0 Å². The molecular weight excluding hydrogens is 234 g/mol. The monoisotopic (exact) mass is 257 g/mol. The normalized spacial score (nSPS) is 19.8. The summed E-state index contributed by atoms with van der Waals surface area (Å²) in [6.45, 7) is 5.67. The molecule has 2 nitrogen and oxygen atoms in total. The van der Waals surface area contributed by atoms with Crippen LogP contribution in [0.25, 0.3) is 0 Å². The second-order valence-corrected chi connectivity index (χ2v) is 5.31. The second kappa shape index (κ2) is 7.33. The summed E-state index contributed by atoms with van der Waals surface area (Å²) < 4.78 is 0. The van der Waals surface area contributed by atoms with Crippen LogP contribution in [0.15, 0.2) is 24.3 Å². The molecule has 1 aliphatic rings. The second-order valence-electron chi connectivity index (χ2n) is 5.31. The van der Waals surface area contributed by atoms with E-state index >= 15 is 0 Å². The molecule has 1 saturated heterocycles. The lowest BCUT2D eigenvalue weighted by molar-refractivity contribution is 0.165. The molecule has 0 bridgehead atoms. The molecule has 2 rings (SSSR count). The Morgan fingerprint density at radius 1 is 1.42 bits per heavy atom. The van der Waals surface area contributed by atoms with Crippen molar-refractivity contribution in [1.82, 2.24) is 4.90 Å². The standard InChI is InChI=1S/C17H23NO/c1-2-15-8-4-10-18(13-15)14-17-7-3-6-16(12-17)9-5-11-19/h3,6-7,12,15,19H,2,4,8,10-11,13-14H2,1H3. The van der Waals surface area contributed by atoms with E-state index in [-0.39, 0.29) is 6.61 Å². The summed E-state index contributed by atoms with van der Waals surface area (Å²) in [6, 6.07) is 8.35. The summed E-state index contributed by atoms with van der Waals surface area (Å²) in [5, 5.41) is 8.73. The van der Waals surface area contributed by atoms with Gasteiger partial charge in [-0.25, -0.2) is 0 Å². The van der Waals surface area contributed by atoms with E-state index in [0.29, 0.717) is 0 Å². The minimum atomic E-state index is -0.0749. The fourth-order valence-corrected chi connectivity index (χ4v) is 2.78. The number of likely N-dealkylation sites (tertiary alicyclic amines) is 1. The number of rotatable bonds is 3. The fourth-order valence-electron chi connectivity index (χ4n) is 2.78. The van der Waals surface area contributed by atoms with Crippen LogP contribution in [0.5, 0.6) is 0 Å². The highest BCUT2D eigenvalue weighted by Gasteiger charge is 2.18. The molecule has 0 radical (unpaired) electrons. The van der Waals surface area contributed by atoms with Gasteiger partial charge in [0.2, 0.25) is 0 Å². The van der Waals surface area contributed by atoms with Crippen molar-refractivity contribution in [3.63, 3.8) is 0 Å². The van der Waals surface area contributed by atoms with E-state index in [2.05, 4.69) is 41.9 Å². The number of aliphatic hydroxyl groups is 1. The van der Waals surface area contributed by atoms with E-state index in [0.717, 1.165) is 18.0 Å². The van der Waals surface area contributed by atoms with Gasteiger partial charge in [0.1, 0.15) is 6.61 Å². The molecule has 0 saturated carbocycles. The van der Waals surface area contributed by atoms with Crippen LogP contribution in [0.3, 0.4) is 0 Å². The summed E-state index contributed by atoms with van der Waals surface area (Å²) in [4.78, 5) is 2.55. The van der Waals surface area contributed by atoms with Crippen molar-refractivity contribution in [2.45, 2.75) is 32.7 Å². The molecular formula is C17H23NO. The Kier molecular flexibility index (Phi) is 5.44. The quantitative estimate of drug-likeness (QED) is 0.842. The first-order valence-corrected chi connectivity index (χ1v) is 7.23. The van der Waals surface area contributed by atoms with E-state index < -0.39 is 0 Å². The SMILES string of the molecule is CCC1CCCN(Cc2cccc(C#CCO)c2)C1. The Morgan fingerprint density at radius 2 is 2.32 bits per heavy atom. The van der Waals surface area contributed by atoms with Gasteiger partial charge in [-0.2, -0.15) is 0 Å². The minimum absolute atomic E-state index is 0.0749. The van der Waals surface area contributed by atoms with Gasteiger partial charge in [0.15, 0.2) is 0 Å². The number of nitrogens with zero attached hydrogens (tertiary/aromatic N) is 1. The maximum absolute atomic E-state index is 8.73. The molecule has 1 atom stereocenters. The zero-order valence-corrected chi connectivity index (χ0v) is 11.7. The number of benzene rings is 1. The number of aliphatic hydroxyl groups excluding tert-OH is 1. The van der Waals surface area contributed by atoms with Gasteiger partial charge in [-0.15, -0.1) is 0 Å². The highest BCUT2D eigenvalue weighted by atomic mass is 16.2. The summed E-state index contributed by atoms with van der Waals surface area (Å²) in [7, 11) is 0. The van der Waals surface area contributed by atoms with E-state index in [4.69, 9.17) is 5.11 Å². The first-order chi connectivity index (χ1) is 9.31. The van der Waals surface area contributed by atoms with Crippen LogP contribution in [0.4, 0.5) is 0 Å². The number of piperidine rings is 1. The Morgan fingerprint density at radius 3 is 3.11 bits per heavy atom. The molecule has 0 aromatic heterocycles. The van der Waals surface area contributed by atoms with Gasteiger partial charge in [0, 0.05) is 18.7 Å². The smallest absolute Gasteiger partial charge is 0.104 e. The molecule has 0 spiro atoms. The minimum Gasteiger partial charge on any atom is -0.384 e. The lowest BCUT2D eigenvalue weighted by Crippen LogP contribution is -2.34. The molecule has 0 amide bonds. The lowest BCUT2D eigenvalue weighted by atomic mass is 9.95. The van der Waals surface area contributed by atoms with Crippen LogP contribution in [0.2, 0.25) is 0 Å². The highest BCUT2D eigenvalue weighted by Crippen LogP contribution is 2.20. The Hall–Kier alpha value is -1.30. The average Bonchev–Trinajstić information content (AvgIpc) is 2.46. The maximum Gasteiger partial charge on any atom is 0.104 e. The first kappa shape index (κ1) is 14.1. The first-order valence-electron chi connectivity index (χ1n) is 7.23. The van der Waals surface area contributed by atoms with Crippen molar-refractivity contribution >= 4 is 0 Å². The molecule has 1 aliphatic heterocycles. The average molecular weight is 257 g/mol. The van der Waals surface area contributed by atoms with Crippen molar-refractivity contribution < 1.29 is 5.11 Å². The third kappa shape index (κ3) is 4.38. The van der Waals surface area contributed by atoms with Crippen molar-refractivity contribution in [3.05, 3.63) is 35.4 Å². The molecule has 1 N–H and O–H groups in total.